The summed E-state index contributed by atoms with van der Waals surface area (Å²) >= 11 is 0. The first-order chi connectivity index (χ1) is 5.72. The Kier molecular flexibility index (Phi) is 14.7. The van der Waals surface area contributed by atoms with Crippen LogP contribution >= 0.6 is 0 Å². The molecule has 0 aromatic carbocycles. The molecule has 0 fully saturated rings. The Labute approximate surface area is 175 Å². The maximum absolute atomic E-state index is 10.4. The van der Waals surface area contributed by atoms with Gasteiger partial charge in [0.1, 0.15) is 0 Å². The number of carboxylic acid groups (broad SMARTS) is 2. The molecule has 0 aromatic heterocycles. The van der Waals surface area contributed by atoms with Crippen LogP contribution in [0.4, 0.5) is 0 Å². The van der Waals surface area contributed by atoms with Crippen LogP contribution in [-0.2, 0) is 9.59 Å². The predicted molar refractivity (Wildman–Crippen MR) is 42.2 cm³/mol. The van der Waals surface area contributed by atoms with Crippen molar-refractivity contribution in [1.29, 1.82) is 0 Å². The van der Waals surface area contributed by atoms with Crippen LogP contribution in [0.2, 0.25) is 0 Å². The number of carboxylic acids is 2. The van der Waals surface area contributed by atoms with E-state index in [-0.39, 0.29) is 120 Å². The van der Waals surface area contributed by atoms with Gasteiger partial charge in [0.25, 0.3) is 0 Å². The van der Waals surface area contributed by atoms with Gasteiger partial charge in [0, 0.05) is 0 Å². The largest absolute Gasteiger partial charge is 1.00 e. The summed E-state index contributed by atoms with van der Waals surface area (Å²) in [5, 5.41) is 20.6. The van der Waals surface area contributed by atoms with Gasteiger partial charge in [-0.3, -0.25) is 0 Å². The average molecular weight is 262 g/mol. The van der Waals surface area contributed by atoms with Crippen molar-refractivity contribution in [3.63, 3.8) is 0 Å². The molecule has 0 aliphatic rings. The Hall–Kier alpha value is 1.95. The van der Waals surface area contributed by atoms with E-state index < -0.39 is 11.9 Å². The van der Waals surface area contributed by atoms with Crippen molar-refractivity contribution in [2.75, 3.05) is 0 Å². The molecule has 0 aliphatic carbocycles. The zero-order valence-electron chi connectivity index (χ0n) is 9.92. The molecule has 0 radical (unpaired) electrons. The zero-order valence-corrected chi connectivity index (χ0v) is 16.2. The fraction of sp³-hybridized carbons (Fsp3) is 0.556. The molecule has 0 N–H and O–H groups in total. The predicted octanol–water partition coefficient (Wildman–Crippen LogP) is -7.14. The summed E-state index contributed by atoms with van der Waals surface area (Å²) in [4.78, 5) is 20.6. The SMILES string of the molecule is CC(C)(C)C/C(=C\C(=O)[O-])C(=O)[O-].[K+].[K+]. The minimum absolute atomic E-state index is 0. The van der Waals surface area contributed by atoms with Crippen LogP contribution in [0.25, 0.3) is 0 Å². The van der Waals surface area contributed by atoms with Crippen LogP contribution in [0.1, 0.15) is 27.2 Å². The van der Waals surface area contributed by atoms with Crippen LogP contribution in [-0.4, -0.2) is 11.9 Å². The van der Waals surface area contributed by atoms with Crippen molar-refractivity contribution in [2.24, 2.45) is 5.41 Å². The summed E-state index contributed by atoms with van der Waals surface area (Å²) in [6, 6.07) is 0. The molecule has 0 saturated carbocycles. The topological polar surface area (TPSA) is 80.3 Å². The van der Waals surface area contributed by atoms with E-state index in [2.05, 4.69) is 0 Å². The van der Waals surface area contributed by atoms with E-state index in [0.29, 0.717) is 6.08 Å². The fourth-order valence-electron chi connectivity index (χ4n) is 0.896. The first-order valence-corrected chi connectivity index (χ1v) is 3.85. The Balaban J connectivity index is -0.000000720. The second-order valence-electron chi connectivity index (χ2n) is 4.01. The van der Waals surface area contributed by atoms with Gasteiger partial charge in [0.2, 0.25) is 0 Å². The summed E-state index contributed by atoms with van der Waals surface area (Å²) in [5.74, 6) is -2.97. The number of hydrogen-bond acceptors (Lipinski definition) is 4. The van der Waals surface area contributed by atoms with Gasteiger partial charge in [0.15, 0.2) is 0 Å². The van der Waals surface area contributed by atoms with Crippen molar-refractivity contribution < 1.29 is 123 Å². The number of carbonyl (C=O) groups is 2. The molecular formula is C9H12K2O4. The summed E-state index contributed by atoms with van der Waals surface area (Å²) in [6.07, 6.45) is 0.712. The third kappa shape index (κ3) is 13.9. The molecule has 6 heteroatoms. The van der Waals surface area contributed by atoms with Gasteiger partial charge in [-0.25, -0.2) is 0 Å². The first-order valence-electron chi connectivity index (χ1n) is 3.85. The van der Waals surface area contributed by atoms with E-state index in [1.807, 2.05) is 0 Å². The molecule has 0 amide bonds. The van der Waals surface area contributed by atoms with E-state index in [9.17, 15) is 19.8 Å². The van der Waals surface area contributed by atoms with Crippen LogP contribution in [0.3, 0.4) is 0 Å². The van der Waals surface area contributed by atoms with Crippen molar-refractivity contribution in [1.82, 2.24) is 0 Å². The van der Waals surface area contributed by atoms with Gasteiger partial charge in [-0.05, 0) is 23.5 Å². The normalized spacial score (nSPS) is 11.0. The fourth-order valence-corrected chi connectivity index (χ4v) is 0.896. The van der Waals surface area contributed by atoms with Crippen molar-refractivity contribution in [3.8, 4) is 0 Å². The van der Waals surface area contributed by atoms with Crippen molar-refractivity contribution in [3.05, 3.63) is 11.6 Å². The first kappa shape index (κ1) is 22.2. The monoisotopic (exact) mass is 262 g/mol. The molecule has 0 heterocycles. The van der Waals surface area contributed by atoms with Crippen molar-refractivity contribution >= 4 is 11.9 Å². The third-order valence-electron chi connectivity index (χ3n) is 1.28. The molecule has 0 bridgehead atoms. The third-order valence-corrected chi connectivity index (χ3v) is 1.28. The minimum atomic E-state index is -1.51. The summed E-state index contributed by atoms with van der Waals surface area (Å²) in [6.45, 7) is 5.41. The number of aliphatic carboxylic acids is 2. The molecule has 4 nitrogen and oxygen atoms in total. The number of rotatable bonds is 3. The van der Waals surface area contributed by atoms with Crippen LogP contribution in [0.5, 0.6) is 0 Å². The number of hydrogen-bond donors (Lipinski definition) is 0. The Bertz CT molecular complexity index is 253. The molecule has 0 aromatic rings. The average Bonchev–Trinajstić information content (AvgIpc) is 1.81. The van der Waals surface area contributed by atoms with E-state index in [0.717, 1.165) is 0 Å². The van der Waals surface area contributed by atoms with Crippen LogP contribution in [0.15, 0.2) is 11.6 Å². The van der Waals surface area contributed by atoms with Gasteiger partial charge in [-0.15, -0.1) is 0 Å². The molecule has 0 saturated heterocycles. The molecule has 0 unspecified atom stereocenters. The molecule has 0 atom stereocenters. The van der Waals surface area contributed by atoms with E-state index in [4.69, 9.17) is 0 Å². The molecule has 0 spiro atoms. The Morgan fingerprint density at radius 3 is 1.73 bits per heavy atom. The minimum Gasteiger partial charge on any atom is -0.545 e. The van der Waals surface area contributed by atoms with Gasteiger partial charge in [0.05, 0.1) is 11.9 Å². The summed E-state index contributed by atoms with van der Waals surface area (Å²) in [7, 11) is 0. The van der Waals surface area contributed by atoms with Gasteiger partial charge >= 0.3 is 103 Å². The van der Waals surface area contributed by atoms with Crippen LogP contribution in [0, 0.1) is 5.41 Å². The van der Waals surface area contributed by atoms with Crippen molar-refractivity contribution in [2.45, 2.75) is 27.2 Å². The number of carbonyl (C=O) groups excluding carboxylic acids is 2. The second kappa shape index (κ2) is 9.93. The smallest absolute Gasteiger partial charge is 0.545 e. The summed E-state index contributed by atoms with van der Waals surface area (Å²) in [5.41, 5.74) is -0.533. The zero-order chi connectivity index (χ0) is 10.6. The Morgan fingerprint density at radius 1 is 1.13 bits per heavy atom. The maximum atomic E-state index is 10.4. The molecule has 15 heavy (non-hydrogen) atoms. The van der Waals surface area contributed by atoms with Crippen LogP contribution < -0.4 is 113 Å². The molecule has 0 aliphatic heterocycles. The molecular weight excluding hydrogens is 250 g/mol. The molecule has 0 rings (SSSR count). The van der Waals surface area contributed by atoms with Gasteiger partial charge < -0.3 is 19.8 Å². The van der Waals surface area contributed by atoms with Gasteiger partial charge in [-0.2, -0.15) is 0 Å². The van der Waals surface area contributed by atoms with E-state index in [1.54, 1.807) is 20.8 Å². The molecule has 74 valence electrons. The Morgan fingerprint density at radius 2 is 1.53 bits per heavy atom. The summed E-state index contributed by atoms with van der Waals surface area (Å²) < 4.78 is 0. The second-order valence-corrected chi connectivity index (χ2v) is 4.01. The van der Waals surface area contributed by atoms with E-state index in [1.165, 1.54) is 0 Å². The van der Waals surface area contributed by atoms with Gasteiger partial charge in [-0.1, -0.05) is 20.8 Å². The quantitative estimate of drug-likeness (QED) is 0.374. The standard InChI is InChI=1S/C9H14O4.2K/c1-9(2,3)5-6(8(12)13)4-7(10)11;;/h4H,5H2,1-3H3,(H,10,11)(H,12,13);;/q;2*+1/p-2/b6-4+;;. The maximum Gasteiger partial charge on any atom is 1.00 e. The van der Waals surface area contributed by atoms with E-state index >= 15 is 0 Å².